The van der Waals surface area contributed by atoms with Gasteiger partial charge in [-0.05, 0) is 50.2 Å². The molecule has 0 aliphatic carbocycles. The maximum Gasteiger partial charge on any atom is 0.251 e. The van der Waals surface area contributed by atoms with Crippen LogP contribution >= 0.6 is 0 Å². The quantitative estimate of drug-likeness (QED) is 0.702. The van der Waals surface area contributed by atoms with E-state index in [9.17, 15) is 13.2 Å². The molecule has 2 aromatic carbocycles. The number of carbonyl (C=O) groups is 1. The van der Waals surface area contributed by atoms with Gasteiger partial charge in [0.1, 0.15) is 11.0 Å². The second-order valence-corrected chi connectivity index (χ2v) is 8.57. The Balaban J connectivity index is 1.85. The molecule has 0 saturated carbocycles. The Morgan fingerprint density at radius 2 is 1.56 bits per heavy atom. The lowest BCUT2D eigenvalue weighted by molar-refractivity contribution is 0.0953. The van der Waals surface area contributed by atoms with Crippen molar-refractivity contribution in [3.63, 3.8) is 0 Å². The summed E-state index contributed by atoms with van der Waals surface area (Å²) < 4.78 is 31.6. The van der Waals surface area contributed by atoms with Gasteiger partial charge in [0.05, 0.1) is 11.2 Å². The average Bonchev–Trinajstić information content (AvgIpc) is 3.16. The standard InChI is InChI=1S/C21H21NO4S/c1-15-5-9-17(10-6-15)21(23)22-14-20(19-4-3-13-26-19)27(24,25)18-11-7-16(2)8-12-18/h3-13,20H,14H2,1-2H3,(H,22,23)/t20-/m1/s1. The minimum absolute atomic E-state index is 0.0869. The highest BCUT2D eigenvalue weighted by molar-refractivity contribution is 7.91. The van der Waals surface area contributed by atoms with Gasteiger partial charge in [-0.3, -0.25) is 4.79 Å². The van der Waals surface area contributed by atoms with Crippen LogP contribution in [0.1, 0.15) is 32.5 Å². The van der Waals surface area contributed by atoms with Crippen molar-refractivity contribution < 1.29 is 17.6 Å². The Bertz CT molecular complexity index is 1010. The fourth-order valence-corrected chi connectivity index (χ4v) is 4.31. The molecule has 140 valence electrons. The molecule has 1 atom stereocenters. The van der Waals surface area contributed by atoms with E-state index in [1.165, 1.54) is 6.26 Å². The second-order valence-electron chi connectivity index (χ2n) is 6.44. The van der Waals surface area contributed by atoms with Crippen molar-refractivity contribution in [2.75, 3.05) is 6.54 Å². The number of benzene rings is 2. The first-order valence-corrected chi connectivity index (χ1v) is 10.1. The van der Waals surface area contributed by atoms with E-state index in [4.69, 9.17) is 4.42 Å². The first kappa shape index (κ1) is 18.9. The number of carbonyl (C=O) groups excluding carboxylic acids is 1. The maximum atomic E-state index is 13.1. The van der Waals surface area contributed by atoms with Gasteiger partial charge in [-0.25, -0.2) is 8.42 Å². The van der Waals surface area contributed by atoms with Crippen molar-refractivity contribution in [1.82, 2.24) is 5.32 Å². The van der Waals surface area contributed by atoms with Crippen LogP contribution in [-0.4, -0.2) is 20.9 Å². The number of amides is 1. The summed E-state index contributed by atoms with van der Waals surface area (Å²) in [6, 6.07) is 17.0. The molecule has 0 fully saturated rings. The van der Waals surface area contributed by atoms with E-state index in [-0.39, 0.29) is 17.3 Å². The fraction of sp³-hybridized carbons (Fsp3) is 0.190. The maximum absolute atomic E-state index is 13.1. The summed E-state index contributed by atoms with van der Waals surface area (Å²) in [4.78, 5) is 12.6. The van der Waals surface area contributed by atoms with Crippen LogP contribution in [0.15, 0.2) is 76.2 Å². The van der Waals surface area contributed by atoms with Crippen molar-refractivity contribution >= 4 is 15.7 Å². The molecule has 0 unspecified atom stereocenters. The van der Waals surface area contributed by atoms with Crippen LogP contribution in [0.4, 0.5) is 0 Å². The van der Waals surface area contributed by atoms with Crippen molar-refractivity contribution in [3.05, 3.63) is 89.4 Å². The van der Waals surface area contributed by atoms with Crippen molar-refractivity contribution in [1.29, 1.82) is 0 Å². The van der Waals surface area contributed by atoms with Gasteiger partial charge in [-0.1, -0.05) is 35.4 Å². The van der Waals surface area contributed by atoms with E-state index >= 15 is 0 Å². The molecule has 3 aromatic rings. The van der Waals surface area contributed by atoms with Gasteiger partial charge in [-0.15, -0.1) is 0 Å². The van der Waals surface area contributed by atoms with Crippen LogP contribution in [-0.2, 0) is 9.84 Å². The Kier molecular flexibility index (Phi) is 5.46. The molecule has 5 nitrogen and oxygen atoms in total. The van der Waals surface area contributed by atoms with E-state index < -0.39 is 15.1 Å². The summed E-state index contributed by atoms with van der Waals surface area (Å²) in [5, 5.41) is 1.71. The molecular weight excluding hydrogens is 362 g/mol. The number of sulfone groups is 1. The van der Waals surface area contributed by atoms with Gasteiger partial charge in [0.15, 0.2) is 9.84 Å². The molecule has 1 N–H and O–H groups in total. The minimum atomic E-state index is -3.73. The number of nitrogens with one attached hydrogen (secondary N) is 1. The number of furan rings is 1. The Morgan fingerprint density at radius 1 is 0.963 bits per heavy atom. The van der Waals surface area contributed by atoms with Crippen molar-refractivity contribution in [3.8, 4) is 0 Å². The fourth-order valence-electron chi connectivity index (χ4n) is 2.72. The van der Waals surface area contributed by atoms with E-state index in [1.807, 2.05) is 26.0 Å². The molecule has 0 saturated heterocycles. The third kappa shape index (κ3) is 4.28. The largest absolute Gasteiger partial charge is 0.468 e. The number of rotatable bonds is 6. The van der Waals surface area contributed by atoms with Gasteiger partial charge < -0.3 is 9.73 Å². The number of hydrogen-bond acceptors (Lipinski definition) is 4. The molecule has 0 aliphatic heterocycles. The van der Waals surface area contributed by atoms with Gasteiger partial charge in [-0.2, -0.15) is 0 Å². The third-order valence-electron chi connectivity index (χ3n) is 4.35. The zero-order valence-corrected chi connectivity index (χ0v) is 16.0. The highest BCUT2D eigenvalue weighted by Gasteiger charge is 2.31. The monoisotopic (exact) mass is 383 g/mol. The van der Waals surface area contributed by atoms with Crippen molar-refractivity contribution in [2.45, 2.75) is 24.0 Å². The normalized spacial score (nSPS) is 12.5. The molecule has 1 amide bonds. The van der Waals surface area contributed by atoms with Gasteiger partial charge >= 0.3 is 0 Å². The van der Waals surface area contributed by atoms with Crippen LogP contribution in [0.5, 0.6) is 0 Å². The van der Waals surface area contributed by atoms with E-state index in [0.29, 0.717) is 11.3 Å². The van der Waals surface area contributed by atoms with Crippen LogP contribution in [0.25, 0.3) is 0 Å². The number of aryl methyl sites for hydroxylation is 2. The SMILES string of the molecule is Cc1ccc(C(=O)NC[C@H](c2ccco2)S(=O)(=O)c2ccc(C)cc2)cc1. The number of hydrogen-bond donors (Lipinski definition) is 1. The van der Waals surface area contributed by atoms with Gasteiger partial charge in [0.25, 0.3) is 5.91 Å². The third-order valence-corrected chi connectivity index (χ3v) is 6.42. The van der Waals surface area contributed by atoms with Crippen LogP contribution in [0.2, 0.25) is 0 Å². The molecule has 27 heavy (non-hydrogen) atoms. The van der Waals surface area contributed by atoms with Gasteiger partial charge in [0.2, 0.25) is 0 Å². The molecule has 0 radical (unpaired) electrons. The predicted octanol–water partition coefficient (Wildman–Crippen LogP) is 3.84. The Labute approximate surface area is 159 Å². The van der Waals surface area contributed by atoms with Crippen LogP contribution < -0.4 is 5.32 Å². The Hall–Kier alpha value is -2.86. The molecule has 3 rings (SSSR count). The molecule has 0 bridgehead atoms. The summed E-state index contributed by atoms with van der Waals surface area (Å²) in [6.07, 6.45) is 1.43. The van der Waals surface area contributed by atoms with E-state index in [0.717, 1.165) is 11.1 Å². The Morgan fingerprint density at radius 3 is 2.11 bits per heavy atom. The van der Waals surface area contributed by atoms with Crippen LogP contribution in [0, 0.1) is 13.8 Å². The predicted molar refractivity (Wildman–Crippen MR) is 103 cm³/mol. The summed E-state index contributed by atoms with van der Waals surface area (Å²) >= 11 is 0. The lowest BCUT2D eigenvalue weighted by Gasteiger charge is -2.17. The zero-order chi connectivity index (χ0) is 19.4. The molecule has 6 heteroatoms. The van der Waals surface area contributed by atoms with Crippen LogP contribution in [0.3, 0.4) is 0 Å². The lowest BCUT2D eigenvalue weighted by atomic mass is 10.1. The molecule has 1 heterocycles. The zero-order valence-electron chi connectivity index (χ0n) is 15.2. The summed E-state index contributed by atoms with van der Waals surface area (Å²) in [7, 11) is -3.73. The first-order valence-electron chi connectivity index (χ1n) is 8.57. The van der Waals surface area contributed by atoms with Crippen molar-refractivity contribution in [2.24, 2.45) is 0 Å². The molecule has 0 spiro atoms. The summed E-state index contributed by atoms with van der Waals surface area (Å²) in [5.41, 5.74) is 2.49. The topological polar surface area (TPSA) is 76.4 Å². The van der Waals surface area contributed by atoms with E-state index in [1.54, 1.807) is 48.5 Å². The smallest absolute Gasteiger partial charge is 0.251 e. The highest BCUT2D eigenvalue weighted by atomic mass is 32.2. The average molecular weight is 383 g/mol. The van der Waals surface area contributed by atoms with E-state index in [2.05, 4.69) is 5.32 Å². The molecule has 1 aromatic heterocycles. The van der Waals surface area contributed by atoms with Gasteiger partial charge in [0, 0.05) is 12.1 Å². The second kappa shape index (κ2) is 7.80. The molecular formula is C21H21NO4S. The summed E-state index contributed by atoms with van der Waals surface area (Å²) in [6.45, 7) is 3.74. The molecule has 0 aliphatic rings. The minimum Gasteiger partial charge on any atom is -0.468 e. The highest BCUT2D eigenvalue weighted by Crippen LogP contribution is 2.29. The lowest BCUT2D eigenvalue weighted by Crippen LogP contribution is -2.31. The summed E-state index contributed by atoms with van der Waals surface area (Å²) in [5.74, 6) is -0.0366. The first-order chi connectivity index (χ1) is 12.9.